The van der Waals surface area contributed by atoms with Gasteiger partial charge in [0.25, 0.3) is 0 Å². The molecule has 1 rings (SSSR count). The summed E-state index contributed by atoms with van der Waals surface area (Å²) in [7, 11) is 0. The first kappa shape index (κ1) is 9.33. The highest BCUT2D eigenvalue weighted by Crippen LogP contribution is 2.05. The van der Waals surface area contributed by atoms with Crippen molar-refractivity contribution in [2.24, 2.45) is 0 Å². The molecule has 0 saturated heterocycles. The molecule has 0 amide bonds. The van der Waals surface area contributed by atoms with Crippen LogP contribution in [-0.2, 0) is 6.42 Å². The normalized spacial score (nSPS) is 13.2. The molecule has 2 heteroatoms. The summed E-state index contributed by atoms with van der Waals surface area (Å²) in [5.41, 5.74) is 1.29. The predicted octanol–water partition coefficient (Wildman–Crippen LogP) is 2.21. The zero-order valence-electron chi connectivity index (χ0n) is 7.84. The molecule has 0 fully saturated rings. The highest BCUT2D eigenvalue weighted by atomic mass is 16.3. The van der Waals surface area contributed by atoms with Crippen molar-refractivity contribution in [3.05, 3.63) is 24.2 Å². The summed E-state index contributed by atoms with van der Waals surface area (Å²) in [6.45, 7) is 5.39. The summed E-state index contributed by atoms with van der Waals surface area (Å²) in [6, 6.07) is 2.63. The molecule has 1 aromatic rings. The van der Waals surface area contributed by atoms with Gasteiger partial charge in [0.05, 0.1) is 12.5 Å². The highest BCUT2D eigenvalue weighted by Gasteiger charge is 2.00. The van der Waals surface area contributed by atoms with Crippen molar-refractivity contribution in [1.82, 2.24) is 5.32 Å². The highest BCUT2D eigenvalue weighted by molar-refractivity contribution is 5.05. The molecule has 1 heterocycles. The lowest BCUT2D eigenvalue weighted by Crippen LogP contribution is -2.25. The minimum Gasteiger partial charge on any atom is -0.472 e. The van der Waals surface area contributed by atoms with Gasteiger partial charge in [-0.2, -0.15) is 0 Å². The summed E-state index contributed by atoms with van der Waals surface area (Å²) in [5, 5.41) is 3.38. The van der Waals surface area contributed by atoms with Gasteiger partial charge in [-0.05, 0) is 37.9 Å². The average Bonchev–Trinajstić information content (AvgIpc) is 2.53. The van der Waals surface area contributed by atoms with Crippen molar-refractivity contribution >= 4 is 0 Å². The quantitative estimate of drug-likeness (QED) is 0.727. The van der Waals surface area contributed by atoms with Gasteiger partial charge in [0.2, 0.25) is 0 Å². The molecule has 68 valence electrons. The molecule has 12 heavy (non-hydrogen) atoms. The van der Waals surface area contributed by atoms with E-state index in [1.807, 2.05) is 12.3 Å². The van der Waals surface area contributed by atoms with Crippen LogP contribution in [0.15, 0.2) is 23.0 Å². The summed E-state index contributed by atoms with van der Waals surface area (Å²) in [4.78, 5) is 0. The second-order valence-electron chi connectivity index (χ2n) is 3.13. The molecule has 1 unspecified atom stereocenters. The van der Waals surface area contributed by atoms with E-state index in [4.69, 9.17) is 4.42 Å². The zero-order chi connectivity index (χ0) is 8.81. The summed E-state index contributed by atoms with van der Waals surface area (Å²) >= 11 is 0. The van der Waals surface area contributed by atoms with Crippen LogP contribution in [0.5, 0.6) is 0 Å². The summed E-state index contributed by atoms with van der Waals surface area (Å²) in [6.07, 6.45) is 5.82. The second kappa shape index (κ2) is 4.99. The van der Waals surface area contributed by atoms with E-state index in [1.165, 1.54) is 12.0 Å². The van der Waals surface area contributed by atoms with Crippen LogP contribution in [-0.4, -0.2) is 12.6 Å². The lowest BCUT2D eigenvalue weighted by Gasteiger charge is -2.10. The fourth-order valence-corrected chi connectivity index (χ4v) is 1.27. The van der Waals surface area contributed by atoms with E-state index in [9.17, 15) is 0 Å². The first-order valence-corrected chi connectivity index (χ1v) is 4.57. The van der Waals surface area contributed by atoms with Crippen LogP contribution in [0.2, 0.25) is 0 Å². The number of hydrogen-bond donors (Lipinski definition) is 1. The van der Waals surface area contributed by atoms with E-state index < -0.39 is 0 Å². The van der Waals surface area contributed by atoms with Crippen LogP contribution in [0.25, 0.3) is 0 Å². The Hall–Kier alpha value is -0.760. The molecule has 0 aliphatic carbocycles. The van der Waals surface area contributed by atoms with Crippen molar-refractivity contribution in [2.45, 2.75) is 32.7 Å². The van der Waals surface area contributed by atoms with Gasteiger partial charge in [0.15, 0.2) is 0 Å². The Labute approximate surface area is 74.0 Å². The van der Waals surface area contributed by atoms with Crippen LogP contribution in [0, 0.1) is 0 Å². The third kappa shape index (κ3) is 3.09. The zero-order valence-corrected chi connectivity index (χ0v) is 7.84. The Morgan fingerprint density at radius 1 is 1.58 bits per heavy atom. The van der Waals surface area contributed by atoms with E-state index in [0.717, 1.165) is 13.0 Å². The third-order valence-corrected chi connectivity index (χ3v) is 2.00. The fourth-order valence-electron chi connectivity index (χ4n) is 1.27. The molecule has 1 N–H and O–H groups in total. The Bertz CT molecular complexity index is 194. The number of nitrogens with one attached hydrogen (secondary N) is 1. The predicted molar refractivity (Wildman–Crippen MR) is 50.2 cm³/mol. The molecule has 1 atom stereocenters. The molecular formula is C10H17NO. The molecule has 0 aliphatic rings. The maximum Gasteiger partial charge on any atom is 0.0934 e. The van der Waals surface area contributed by atoms with Crippen LogP contribution >= 0.6 is 0 Å². The SMILES string of the molecule is CCNC(C)CCc1ccoc1. The molecule has 0 radical (unpaired) electrons. The number of furan rings is 1. The Morgan fingerprint density at radius 3 is 3.00 bits per heavy atom. The molecule has 0 aromatic carbocycles. The van der Waals surface area contributed by atoms with E-state index in [0.29, 0.717) is 6.04 Å². The first-order chi connectivity index (χ1) is 5.83. The van der Waals surface area contributed by atoms with Gasteiger partial charge in [0.1, 0.15) is 0 Å². The number of rotatable bonds is 5. The molecule has 2 nitrogen and oxygen atoms in total. The van der Waals surface area contributed by atoms with E-state index in [2.05, 4.69) is 19.2 Å². The Kier molecular flexibility index (Phi) is 3.88. The van der Waals surface area contributed by atoms with Crippen LogP contribution in [0.3, 0.4) is 0 Å². The van der Waals surface area contributed by atoms with Crippen molar-refractivity contribution in [3.63, 3.8) is 0 Å². The van der Waals surface area contributed by atoms with Gasteiger partial charge in [0, 0.05) is 6.04 Å². The lowest BCUT2D eigenvalue weighted by atomic mass is 10.1. The fraction of sp³-hybridized carbons (Fsp3) is 0.600. The summed E-state index contributed by atoms with van der Waals surface area (Å²) < 4.78 is 4.99. The smallest absolute Gasteiger partial charge is 0.0934 e. The van der Waals surface area contributed by atoms with Gasteiger partial charge in [-0.15, -0.1) is 0 Å². The average molecular weight is 167 g/mol. The largest absolute Gasteiger partial charge is 0.472 e. The van der Waals surface area contributed by atoms with Crippen LogP contribution < -0.4 is 5.32 Å². The summed E-state index contributed by atoms with van der Waals surface area (Å²) in [5.74, 6) is 0. The lowest BCUT2D eigenvalue weighted by molar-refractivity contribution is 0.525. The minimum atomic E-state index is 0.602. The van der Waals surface area contributed by atoms with E-state index >= 15 is 0 Å². The van der Waals surface area contributed by atoms with Gasteiger partial charge in [-0.3, -0.25) is 0 Å². The molecule has 0 bridgehead atoms. The Balaban J connectivity index is 2.17. The molecule has 1 aromatic heterocycles. The van der Waals surface area contributed by atoms with Gasteiger partial charge in [-0.1, -0.05) is 6.92 Å². The van der Waals surface area contributed by atoms with Crippen molar-refractivity contribution in [3.8, 4) is 0 Å². The van der Waals surface area contributed by atoms with Crippen molar-refractivity contribution < 1.29 is 4.42 Å². The maximum atomic E-state index is 4.99. The van der Waals surface area contributed by atoms with Crippen molar-refractivity contribution in [1.29, 1.82) is 0 Å². The molecule has 0 saturated carbocycles. The number of hydrogen-bond acceptors (Lipinski definition) is 2. The van der Waals surface area contributed by atoms with Crippen LogP contribution in [0.4, 0.5) is 0 Å². The van der Waals surface area contributed by atoms with Crippen molar-refractivity contribution in [2.75, 3.05) is 6.54 Å². The minimum absolute atomic E-state index is 0.602. The number of aryl methyl sites for hydroxylation is 1. The molecule has 0 spiro atoms. The maximum absolute atomic E-state index is 4.99. The standard InChI is InChI=1S/C10H17NO/c1-3-11-9(2)4-5-10-6-7-12-8-10/h6-9,11H,3-5H2,1-2H3. The topological polar surface area (TPSA) is 25.2 Å². The Morgan fingerprint density at radius 2 is 2.42 bits per heavy atom. The van der Waals surface area contributed by atoms with Gasteiger partial charge in [-0.25, -0.2) is 0 Å². The van der Waals surface area contributed by atoms with E-state index in [1.54, 1.807) is 6.26 Å². The first-order valence-electron chi connectivity index (χ1n) is 4.57. The molecular weight excluding hydrogens is 150 g/mol. The third-order valence-electron chi connectivity index (χ3n) is 2.00. The van der Waals surface area contributed by atoms with Gasteiger partial charge >= 0.3 is 0 Å². The van der Waals surface area contributed by atoms with E-state index in [-0.39, 0.29) is 0 Å². The van der Waals surface area contributed by atoms with Gasteiger partial charge < -0.3 is 9.73 Å². The monoisotopic (exact) mass is 167 g/mol. The molecule has 0 aliphatic heterocycles. The second-order valence-corrected chi connectivity index (χ2v) is 3.13. The van der Waals surface area contributed by atoms with Crippen LogP contribution in [0.1, 0.15) is 25.8 Å².